The molecule has 0 radical (unpaired) electrons. The minimum atomic E-state index is -0.836. The Morgan fingerprint density at radius 2 is 2.04 bits per heavy atom. The average molecular weight is 315 g/mol. The van der Waals surface area contributed by atoms with Crippen molar-refractivity contribution in [1.82, 2.24) is 4.98 Å². The topological polar surface area (TPSA) is 76.2 Å². The molecule has 1 aliphatic rings. The number of ketones is 1. The molecule has 2 aromatic rings. The van der Waals surface area contributed by atoms with E-state index in [1.807, 2.05) is 0 Å². The molecular weight excluding hydrogens is 301 g/mol. The lowest BCUT2D eigenvalue weighted by molar-refractivity contribution is 0.0470. The molecular formula is C17H14FNO4. The molecule has 6 heteroatoms. The molecule has 5 nitrogen and oxygen atoms in total. The number of aromatic nitrogens is 1. The van der Waals surface area contributed by atoms with Gasteiger partial charge in [-0.3, -0.25) is 9.59 Å². The Balaban J connectivity index is 1.81. The number of H-pyrrole nitrogens is 1. The molecule has 0 atom stereocenters. The summed E-state index contributed by atoms with van der Waals surface area (Å²) in [6.45, 7) is -0.152. The van der Waals surface area contributed by atoms with Crippen LogP contribution in [0.25, 0.3) is 0 Å². The van der Waals surface area contributed by atoms with Crippen LogP contribution in [0, 0.1) is 5.82 Å². The predicted molar refractivity (Wildman–Crippen MR) is 79.9 cm³/mol. The number of carbonyl (C=O) groups excluding carboxylic acids is 2. The Bertz CT molecular complexity index is 841. The zero-order chi connectivity index (χ0) is 16.4. The number of aromatic amines is 1. The summed E-state index contributed by atoms with van der Waals surface area (Å²) in [4.78, 5) is 38.5. The SMILES string of the molecule is O=C1CCCc2[nH]c(=O)c(C(=O)OCc3cccc(F)c3)cc21. The van der Waals surface area contributed by atoms with Gasteiger partial charge in [0, 0.05) is 17.7 Å². The van der Waals surface area contributed by atoms with Crippen LogP contribution in [-0.4, -0.2) is 16.7 Å². The van der Waals surface area contributed by atoms with Gasteiger partial charge in [0.25, 0.3) is 5.56 Å². The number of hydrogen-bond donors (Lipinski definition) is 1. The molecule has 1 N–H and O–H groups in total. The first kappa shape index (κ1) is 15.1. The largest absolute Gasteiger partial charge is 0.457 e. The van der Waals surface area contributed by atoms with Crippen LogP contribution in [0.4, 0.5) is 4.39 Å². The van der Waals surface area contributed by atoms with E-state index in [9.17, 15) is 18.8 Å². The Labute approximate surface area is 131 Å². The van der Waals surface area contributed by atoms with Crippen LogP contribution in [0.2, 0.25) is 0 Å². The number of pyridine rings is 1. The number of esters is 1. The summed E-state index contributed by atoms with van der Waals surface area (Å²) in [6, 6.07) is 6.93. The van der Waals surface area contributed by atoms with Crippen molar-refractivity contribution in [2.45, 2.75) is 25.9 Å². The first-order valence-corrected chi connectivity index (χ1v) is 7.25. The van der Waals surface area contributed by atoms with E-state index in [2.05, 4.69) is 4.98 Å². The van der Waals surface area contributed by atoms with Gasteiger partial charge in [-0.1, -0.05) is 12.1 Å². The van der Waals surface area contributed by atoms with Gasteiger partial charge in [0.15, 0.2) is 5.78 Å². The Hall–Kier alpha value is -2.76. The number of benzene rings is 1. The minimum Gasteiger partial charge on any atom is -0.457 e. The maximum Gasteiger partial charge on any atom is 0.344 e. The highest BCUT2D eigenvalue weighted by molar-refractivity contribution is 6.00. The third-order valence-corrected chi connectivity index (χ3v) is 3.73. The second kappa shape index (κ2) is 6.16. The molecule has 1 aromatic heterocycles. The molecule has 1 aromatic carbocycles. The van der Waals surface area contributed by atoms with Crippen LogP contribution < -0.4 is 5.56 Å². The van der Waals surface area contributed by atoms with Crippen molar-refractivity contribution in [3.63, 3.8) is 0 Å². The zero-order valence-electron chi connectivity index (χ0n) is 12.2. The highest BCUT2D eigenvalue weighted by Gasteiger charge is 2.22. The molecule has 0 spiro atoms. The van der Waals surface area contributed by atoms with E-state index >= 15 is 0 Å². The average Bonchev–Trinajstić information content (AvgIpc) is 2.52. The van der Waals surface area contributed by atoms with Gasteiger partial charge in [0.05, 0.1) is 0 Å². The maximum atomic E-state index is 13.1. The number of aryl methyl sites for hydroxylation is 1. The van der Waals surface area contributed by atoms with Crippen molar-refractivity contribution in [2.24, 2.45) is 0 Å². The van der Waals surface area contributed by atoms with Crippen molar-refractivity contribution < 1.29 is 18.7 Å². The summed E-state index contributed by atoms with van der Waals surface area (Å²) in [6.07, 6.45) is 1.69. The summed E-state index contributed by atoms with van der Waals surface area (Å²) in [5.74, 6) is -1.37. The van der Waals surface area contributed by atoms with Crippen LogP contribution >= 0.6 is 0 Å². The van der Waals surface area contributed by atoms with E-state index < -0.39 is 17.3 Å². The van der Waals surface area contributed by atoms with Gasteiger partial charge in [0.2, 0.25) is 0 Å². The molecule has 3 rings (SSSR count). The lowest BCUT2D eigenvalue weighted by Gasteiger charge is -2.14. The molecule has 0 fully saturated rings. The van der Waals surface area contributed by atoms with Crippen LogP contribution in [-0.2, 0) is 17.8 Å². The van der Waals surface area contributed by atoms with E-state index in [0.29, 0.717) is 36.1 Å². The Morgan fingerprint density at radius 3 is 2.83 bits per heavy atom. The highest BCUT2D eigenvalue weighted by Crippen LogP contribution is 2.19. The van der Waals surface area contributed by atoms with Gasteiger partial charge in [0.1, 0.15) is 18.0 Å². The van der Waals surface area contributed by atoms with Crippen molar-refractivity contribution in [3.8, 4) is 0 Å². The minimum absolute atomic E-state index is 0.0957. The number of carbonyl (C=O) groups is 2. The van der Waals surface area contributed by atoms with Gasteiger partial charge in [-0.25, -0.2) is 9.18 Å². The Morgan fingerprint density at radius 1 is 1.22 bits per heavy atom. The van der Waals surface area contributed by atoms with Crippen LogP contribution in [0.15, 0.2) is 35.1 Å². The van der Waals surface area contributed by atoms with Gasteiger partial charge < -0.3 is 9.72 Å². The lowest BCUT2D eigenvalue weighted by Crippen LogP contribution is -2.25. The van der Waals surface area contributed by atoms with Crippen molar-refractivity contribution in [3.05, 3.63) is 68.9 Å². The smallest absolute Gasteiger partial charge is 0.344 e. The summed E-state index contributed by atoms with van der Waals surface area (Å²) < 4.78 is 18.1. The molecule has 0 amide bonds. The zero-order valence-corrected chi connectivity index (χ0v) is 12.2. The third-order valence-electron chi connectivity index (χ3n) is 3.73. The molecule has 118 valence electrons. The van der Waals surface area contributed by atoms with Gasteiger partial charge in [-0.2, -0.15) is 0 Å². The number of fused-ring (bicyclic) bond motifs is 1. The molecule has 0 saturated carbocycles. The molecule has 1 aliphatic carbocycles. The van der Waals surface area contributed by atoms with E-state index in [1.165, 1.54) is 24.3 Å². The van der Waals surface area contributed by atoms with Crippen molar-refractivity contribution in [1.29, 1.82) is 0 Å². The fraction of sp³-hybridized carbons (Fsp3) is 0.235. The van der Waals surface area contributed by atoms with E-state index in [0.717, 1.165) is 0 Å². The van der Waals surface area contributed by atoms with E-state index in [4.69, 9.17) is 4.74 Å². The molecule has 23 heavy (non-hydrogen) atoms. The van der Waals surface area contributed by atoms with Crippen LogP contribution in [0.5, 0.6) is 0 Å². The van der Waals surface area contributed by atoms with Gasteiger partial charge in [-0.15, -0.1) is 0 Å². The number of halogens is 1. The van der Waals surface area contributed by atoms with Crippen molar-refractivity contribution in [2.75, 3.05) is 0 Å². The number of nitrogens with one attached hydrogen (secondary N) is 1. The number of rotatable bonds is 3. The quantitative estimate of drug-likeness (QED) is 0.882. The number of ether oxygens (including phenoxy) is 1. The first-order valence-electron chi connectivity index (χ1n) is 7.25. The number of hydrogen-bond acceptors (Lipinski definition) is 4. The second-order valence-electron chi connectivity index (χ2n) is 5.39. The van der Waals surface area contributed by atoms with E-state index in [-0.39, 0.29) is 18.0 Å². The first-order chi connectivity index (χ1) is 11.0. The summed E-state index contributed by atoms with van der Waals surface area (Å²) in [5.41, 5.74) is 0.614. The van der Waals surface area contributed by atoms with Gasteiger partial charge >= 0.3 is 5.97 Å². The van der Waals surface area contributed by atoms with Crippen LogP contribution in [0.1, 0.15) is 44.8 Å². The fourth-order valence-corrected chi connectivity index (χ4v) is 2.58. The maximum absolute atomic E-state index is 13.1. The Kier molecular flexibility index (Phi) is 4.06. The summed E-state index contributed by atoms with van der Waals surface area (Å²) in [5, 5.41) is 0. The molecule has 1 heterocycles. The fourth-order valence-electron chi connectivity index (χ4n) is 2.58. The normalized spacial score (nSPS) is 13.5. The monoisotopic (exact) mass is 315 g/mol. The molecule has 0 saturated heterocycles. The van der Waals surface area contributed by atoms with Crippen molar-refractivity contribution >= 4 is 11.8 Å². The lowest BCUT2D eigenvalue weighted by atomic mass is 9.94. The second-order valence-corrected chi connectivity index (χ2v) is 5.39. The summed E-state index contributed by atoms with van der Waals surface area (Å²) in [7, 11) is 0. The van der Waals surface area contributed by atoms with E-state index in [1.54, 1.807) is 6.07 Å². The summed E-state index contributed by atoms with van der Waals surface area (Å²) >= 11 is 0. The molecule has 0 unspecified atom stereocenters. The molecule has 0 aliphatic heterocycles. The van der Waals surface area contributed by atoms with Crippen LogP contribution in [0.3, 0.4) is 0 Å². The molecule has 0 bridgehead atoms. The standard InChI is InChI=1S/C17H14FNO4/c18-11-4-1-3-10(7-11)9-23-17(22)13-8-12-14(19-16(13)21)5-2-6-15(12)20/h1,3-4,7-8H,2,5-6,9H2,(H,19,21). The highest BCUT2D eigenvalue weighted by atomic mass is 19.1. The number of Topliss-reactive ketones (excluding diaryl/α,β-unsaturated/α-hetero) is 1. The van der Waals surface area contributed by atoms with Gasteiger partial charge in [-0.05, 0) is 36.6 Å². The predicted octanol–water partition coefficient (Wildman–Crippen LogP) is 2.39. The third kappa shape index (κ3) is 3.21.